The Balaban J connectivity index is 1.96. The number of amides is 1. The Morgan fingerprint density at radius 1 is 1.14 bits per heavy atom. The molecule has 4 nitrogen and oxygen atoms in total. The first-order valence-electron chi connectivity index (χ1n) is 6.65. The first-order valence-corrected chi connectivity index (χ1v) is 7.03. The van der Waals surface area contributed by atoms with E-state index in [1.807, 2.05) is 6.92 Å². The third-order valence-corrected chi connectivity index (χ3v) is 3.66. The average molecular weight is 314 g/mol. The molecule has 0 bridgehead atoms. The van der Waals surface area contributed by atoms with Crippen molar-refractivity contribution in [1.29, 1.82) is 0 Å². The van der Waals surface area contributed by atoms with Crippen molar-refractivity contribution in [2.24, 2.45) is 0 Å². The molecule has 0 atom stereocenters. The number of hydrogen-bond donors (Lipinski definition) is 1. The van der Waals surface area contributed by atoms with E-state index in [2.05, 4.69) is 5.32 Å². The number of benzene rings is 2. The maximum absolute atomic E-state index is 12.2. The number of carbonyl (C=O) groups excluding carboxylic acids is 1. The summed E-state index contributed by atoms with van der Waals surface area (Å²) in [6.07, 6.45) is 0. The summed E-state index contributed by atoms with van der Waals surface area (Å²) in [5, 5.41) is 3.95. The molecule has 0 saturated carbocycles. The van der Waals surface area contributed by atoms with Crippen molar-refractivity contribution < 1.29 is 9.21 Å². The first-order chi connectivity index (χ1) is 10.5. The van der Waals surface area contributed by atoms with Gasteiger partial charge in [-0.1, -0.05) is 23.7 Å². The Hall–Kier alpha value is -2.59. The van der Waals surface area contributed by atoms with Crippen molar-refractivity contribution in [1.82, 2.24) is 0 Å². The van der Waals surface area contributed by atoms with Gasteiger partial charge in [0.25, 0.3) is 5.91 Å². The lowest BCUT2D eigenvalue weighted by atomic mass is 10.1. The van der Waals surface area contributed by atoms with Gasteiger partial charge in [-0.25, -0.2) is 4.79 Å². The number of hydrogen-bond acceptors (Lipinski definition) is 3. The molecule has 0 radical (unpaired) electrons. The number of aryl methyl sites for hydroxylation is 1. The SMILES string of the molecule is Cc1cc(=O)oc2cc(NC(=O)c3ccccc3Cl)ccc12. The molecular weight excluding hydrogens is 302 g/mol. The van der Waals surface area contributed by atoms with Crippen molar-refractivity contribution in [3.8, 4) is 0 Å². The summed E-state index contributed by atoms with van der Waals surface area (Å²) in [5.41, 5.74) is 1.76. The Labute approximate surface area is 131 Å². The number of rotatable bonds is 2. The van der Waals surface area contributed by atoms with Crippen LogP contribution >= 0.6 is 11.6 Å². The van der Waals surface area contributed by atoms with Gasteiger partial charge in [0.1, 0.15) is 5.58 Å². The van der Waals surface area contributed by atoms with Gasteiger partial charge in [-0.2, -0.15) is 0 Å². The summed E-state index contributed by atoms with van der Waals surface area (Å²) in [6, 6.07) is 13.4. The van der Waals surface area contributed by atoms with E-state index in [4.69, 9.17) is 16.0 Å². The number of halogens is 1. The lowest BCUT2D eigenvalue weighted by Crippen LogP contribution is -2.12. The molecule has 1 heterocycles. The smallest absolute Gasteiger partial charge is 0.336 e. The summed E-state index contributed by atoms with van der Waals surface area (Å²) in [6.45, 7) is 1.83. The molecule has 1 N–H and O–H groups in total. The lowest BCUT2D eigenvalue weighted by molar-refractivity contribution is 0.102. The molecule has 2 aromatic carbocycles. The second-order valence-electron chi connectivity index (χ2n) is 4.89. The number of carbonyl (C=O) groups is 1. The van der Waals surface area contributed by atoms with E-state index >= 15 is 0 Å². The topological polar surface area (TPSA) is 59.3 Å². The molecule has 0 saturated heterocycles. The van der Waals surface area contributed by atoms with Crippen LogP contribution in [0, 0.1) is 6.92 Å². The minimum Gasteiger partial charge on any atom is -0.423 e. The molecule has 0 unspecified atom stereocenters. The van der Waals surface area contributed by atoms with Crippen LogP contribution in [-0.4, -0.2) is 5.91 Å². The molecule has 0 aliphatic rings. The van der Waals surface area contributed by atoms with Gasteiger partial charge in [0.15, 0.2) is 0 Å². The van der Waals surface area contributed by atoms with Crippen LogP contribution in [0.5, 0.6) is 0 Å². The van der Waals surface area contributed by atoms with Crippen molar-refractivity contribution in [2.45, 2.75) is 6.92 Å². The summed E-state index contributed by atoms with van der Waals surface area (Å²) >= 11 is 6.00. The molecule has 3 rings (SSSR count). The van der Waals surface area contributed by atoms with E-state index in [0.717, 1.165) is 10.9 Å². The standard InChI is InChI=1S/C17H12ClNO3/c1-10-8-16(20)22-15-9-11(6-7-12(10)15)19-17(21)13-4-2-3-5-14(13)18/h2-9H,1H3,(H,19,21). The lowest BCUT2D eigenvalue weighted by Gasteiger charge is -2.08. The zero-order valence-electron chi connectivity index (χ0n) is 11.7. The Morgan fingerprint density at radius 3 is 2.68 bits per heavy atom. The highest BCUT2D eigenvalue weighted by atomic mass is 35.5. The number of nitrogens with one attached hydrogen (secondary N) is 1. The van der Waals surface area contributed by atoms with Crippen LogP contribution in [0.25, 0.3) is 11.0 Å². The minimum atomic E-state index is -0.417. The van der Waals surface area contributed by atoms with Gasteiger partial charge in [0.05, 0.1) is 10.6 Å². The average Bonchev–Trinajstić information content (AvgIpc) is 2.47. The number of anilines is 1. The fourth-order valence-corrected chi connectivity index (χ4v) is 2.47. The molecule has 22 heavy (non-hydrogen) atoms. The van der Waals surface area contributed by atoms with Crippen LogP contribution in [0.15, 0.2) is 57.7 Å². The van der Waals surface area contributed by atoms with Gasteiger partial charge in [0, 0.05) is 23.2 Å². The van der Waals surface area contributed by atoms with E-state index in [-0.39, 0.29) is 5.91 Å². The fraction of sp³-hybridized carbons (Fsp3) is 0.0588. The van der Waals surface area contributed by atoms with E-state index in [9.17, 15) is 9.59 Å². The van der Waals surface area contributed by atoms with Crippen molar-refractivity contribution >= 4 is 34.2 Å². The molecule has 0 fully saturated rings. The zero-order chi connectivity index (χ0) is 15.7. The molecule has 0 spiro atoms. The molecule has 3 aromatic rings. The van der Waals surface area contributed by atoms with Crippen molar-refractivity contribution in [3.05, 3.63) is 75.1 Å². The van der Waals surface area contributed by atoms with Crippen molar-refractivity contribution in [3.63, 3.8) is 0 Å². The van der Waals surface area contributed by atoms with Crippen LogP contribution < -0.4 is 10.9 Å². The van der Waals surface area contributed by atoms with Crippen LogP contribution in [0.2, 0.25) is 5.02 Å². The fourth-order valence-electron chi connectivity index (χ4n) is 2.25. The maximum atomic E-state index is 12.2. The summed E-state index contributed by atoms with van der Waals surface area (Å²) < 4.78 is 5.16. The monoisotopic (exact) mass is 313 g/mol. The van der Waals surface area contributed by atoms with Gasteiger partial charge in [-0.05, 0) is 36.8 Å². The Kier molecular flexibility index (Phi) is 3.69. The highest BCUT2D eigenvalue weighted by Gasteiger charge is 2.11. The third-order valence-electron chi connectivity index (χ3n) is 3.33. The van der Waals surface area contributed by atoms with Gasteiger partial charge < -0.3 is 9.73 Å². The van der Waals surface area contributed by atoms with Crippen LogP contribution in [-0.2, 0) is 0 Å². The van der Waals surface area contributed by atoms with E-state index in [1.165, 1.54) is 6.07 Å². The minimum absolute atomic E-state index is 0.319. The highest BCUT2D eigenvalue weighted by Crippen LogP contribution is 2.22. The normalized spacial score (nSPS) is 10.6. The van der Waals surface area contributed by atoms with Gasteiger partial charge in [-0.15, -0.1) is 0 Å². The van der Waals surface area contributed by atoms with Crippen LogP contribution in [0.3, 0.4) is 0 Å². The third kappa shape index (κ3) is 2.73. The quantitative estimate of drug-likeness (QED) is 0.727. The molecule has 110 valence electrons. The molecule has 1 amide bonds. The molecule has 0 aliphatic heterocycles. The second kappa shape index (κ2) is 5.66. The number of fused-ring (bicyclic) bond motifs is 1. The summed E-state index contributed by atoms with van der Waals surface area (Å²) in [4.78, 5) is 23.6. The van der Waals surface area contributed by atoms with Crippen LogP contribution in [0.1, 0.15) is 15.9 Å². The molecule has 1 aromatic heterocycles. The summed E-state index contributed by atoms with van der Waals surface area (Å²) in [5.74, 6) is -0.319. The van der Waals surface area contributed by atoms with Gasteiger partial charge >= 0.3 is 5.63 Å². The summed E-state index contributed by atoms with van der Waals surface area (Å²) in [7, 11) is 0. The predicted molar refractivity (Wildman–Crippen MR) is 86.6 cm³/mol. The second-order valence-corrected chi connectivity index (χ2v) is 5.30. The van der Waals surface area contributed by atoms with E-state index < -0.39 is 5.63 Å². The molecule has 0 aliphatic carbocycles. The van der Waals surface area contributed by atoms with Gasteiger partial charge in [0.2, 0.25) is 0 Å². The molecular formula is C17H12ClNO3. The molecule has 5 heteroatoms. The predicted octanol–water partition coefficient (Wildman–Crippen LogP) is 4.01. The highest BCUT2D eigenvalue weighted by molar-refractivity contribution is 6.34. The first kappa shape index (κ1) is 14.4. The van der Waals surface area contributed by atoms with Gasteiger partial charge in [-0.3, -0.25) is 4.79 Å². The Morgan fingerprint density at radius 2 is 1.91 bits per heavy atom. The van der Waals surface area contributed by atoms with E-state index in [1.54, 1.807) is 42.5 Å². The Bertz CT molecular complexity index is 931. The van der Waals surface area contributed by atoms with Crippen molar-refractivity contribution in [2.75, 3.05) is 5.32 Å². The van der Waals surface area contributed by atoms with Crippen LogP contribution in [0.4, 0.5) is 5.69 Å². The zero-order valence-corrected chi connectivity index (χ0v) is 12.5. The van der Waals surface area contributed by atoms with E-state index in [0.29, 0.717) is 21.9 Å². The maximum Gasteiger partial charge on any atom is 0.336 e. The largest absolute Gasteiger partial charge is 0.423 e.